The largest absolute Gasteiger partial charge is 0.369 e. The summed E-state index contributed by atoms with van der Waals surface area (Å²) in [6.07, 6.45) is -0.957. The van der Waals surface area contributed by atoms with Crippen LogP contribution in [-0.2, 0) is 18.9 Å². The molecule has 0 bridgehead atoms. The van der Waals surface area contributed by atoms with E-state index in [4.69, 9.17) is 35.9 Å². The van der Waals surface area contributed by atoms with Crippen LogP contribution in [0.25, 0.3) is 0 Å². The maximum Gasteiger partial charge on any atom is 0.321 e. The molecule has 0 unspecified atom stereocenters. The van der Waals surface area contributed by atoms with Crippen LogP contribution in [0.15, 0.2) is 0 Å². The fourth-order valence-corrected chi connectivity index (χ4v) is 1.15. The van der Waals surface area contributed by atoms with Crippen molar-refractivity contribution in [2.45, 2.75) is 12.2 Å². The molecule has 0 aliphatic heterocycles. The van der Waals surface area contributed by atoms with Gasteiger partial charge in [0.15, 0.2) is 0 Å². The summed E-state index contributed by atoms with van der Waals surface area (Å²) in [5.41, 5.74) is 5.23. The number of hydrazine groups is 1. The number of hydrogen-bond donors (Lipinski definition) is 3. The minimum absolute atomic E-state index is 0.446. The lowest BCUT2D eigenvalue weighted by Gasteiger charge is -2.41. The van der Waals surface area contributed by atoms with E-state index in [9.17, 15) is 0 Å². The minimum atomic E-state index is -1.60. The zero-order valence-corrected chi connectivity index (χ0v) is 9.31. The summed E-state index contributed by atoms with van der Waals surface area (Å²) in [6.45, 7) is 0. The Morgan fingerprint density at radius 2 is 1.60 bits per heavy atom. The van der Waals surface area contributed by atoms with Crippen molar-refractivity contribution in [3.8, 4) is 0 Å². The molecule has 0 aliphatic carbocycles. The minimum Gasteiger partial charge on any atom is -0.369 e. The lowest BCUT2D eigenvalue weighted by Crippen LogP contribution is -2.66. The number of nitrogens with one attached hydrogen (secondary N) is 1. The van der Waals surface area contributed by atoms with Gasteiger partial charge in [0.25, 0.3) is 0 Å². The highest BCUT2D eigenvalue weighted by atomic mass is 16.8. The molecule has 0 fully saturated rings. The van der Waals surface area contributed by atoms with E-state index >= 15 is 0 Å². The van der Waals surface area contributed by atoms with Gasteiger partial charge in [0, 0.05) is 28.4 Å². The van der Waals surface area contributed by atoms with Gasteiger partial charge in [0.1, 0.15) is 0 Å². The van der Waals surface area contributed by atoms with Gasteiger partial charge in [-0.05, 0) is 0 Å². The van der Waals surface area contributed by atoms with Gasteiger partial charge in [0.2, 0.25) is 12.2 Å². The topological polar surface area (TPSA) is 116 Å². The second-order valence-electron chi connectivity index (χ2n) is 2.60. The Morgan fingerprint density at radius 1 is 1.20 bits per heavy atom. The molecule has 0 atom stereocenters. The van der Waals surface area contributed by atoms with Crippen LogP contribution >= 0.6 is 0 Å². The second-order valence-corrected chi connectivity index (χ2v) is 2.60. The number of rotatable bonds is 6. The maximum atomic E-state index is 7.21. The lowest BCUT2D eigenvalue weighted by molar-refractivity contribution is -0.374. The van der Waals surface area contributed by atoms with Crippen molar-refractivity contribution in [2.24, 2.45) is 11.6 Å². The molecule has 8 nitrogen and oxygen atoms in total. The highest BCUT2D eigenvalue weighted by Gasteiger charge is 2.47. The lowest BCUT2D eigenvalue weighted by atomic mass is 10.4. The van der Waals surface area contributed by atoms with Gasteiger partial charge in [-0.15, -0.1) is 0 Å². The van der Waals surface area contributed by atoms with Crippen molar-refractivity contribution >= 4 is 5.96 Å². The maximum absolute atomic E-state index is 7.21. The highest BCUT2D eigenvalue weighted by Crippen LogP contribution is 2.21. The summed E-state index contributed by atoms with van der Waals surface area (Å²) in [4.78, 5) is 0. The number of guanidine groups is 1. The molecule has 0 aliphatic rings. The van der Waals surface area contributed by atoms with Gasteiger partial charge >= 0.3 is 5.91 Å². The molecule has 0 rings (SSSR count). The molecular formula is C7H18N4O4. The van der Waals surface area contributed by atoms with Crippen LogP contribution in [0.4, 0.5) is 0 Å². The molecule has 90 valence electrons. The predicted molar refractivity (Wildman–Crippen MR) is 52.5 cm³/mol. The Hall–Kier alpha value is -0.930. The molecule has 5 N–H and O–H groups in total. The van der Waals surface area contributed by atoms with E-state index in [2.05, 4.69) is 0 Å². The SMILES string of the molecule is COC(OC)C(OC)(OC)N(N)C(=N)N. The molecule has 0 saturated carbocycles. The second kappa shape index (κ2) is 5.83. The molecule has 0 saturated heterocycles. The third kappa shape index (κ3) is 2.55. The van der Waals surface area contributed by atoms with Gasteiger partial charge in [-0.25, -0.2) is 10.9 Å². The Morgan fingerprint density at radius 3 is 1.80 bits per heavy atom. The number of hydrogen-bond acceptors (Lipinski definition) is 6. The van der Waals surface area contributed by atoms with E-state index in [0.717, 1.165) is 5.01 Å². The molecule has 0 spiro atoms. The molecule has 0 heterocycles. The van der Waals surface area contributed by atoms with Crippen LogP contribution in [0.3, 0.4) is 0 Å². The summed E-state index contributed by atoms with van der Waals surface area (Å²) in [7, 11) is 5.43. The number of nitrogens with zero attached hydrogens (tertiary/aromatic N) is 1. The van der Waals surface area contributed by atoms with Crippen molar-refractivity contribution in [2.75, 3.05) is 28.4 Å². The van der Waals surface area contributed by atoms with Crippen LogP contribution < -0.4 is 11.6 Å². The van der Waals surface area contributed by atoms with E-state index < -0.39 is 18.2 Å². The van der Waals surface area contributed by atoms with Crippen molar-refractivity contribution in [3.63, 3.8) is 0 Å². The molecule has 15 heavy (non-hydrogen) atoms. The number of ether oxygens (including phenoxy) is 4. The van der Waals surface area contributed by atoms with Crippen LogP contribution in [0, 0.1) is 5.41 Å². The first-order valence-electron chi connectivity index (χ1n) is 4.05. The summed E-state index contributed by atoms with van der Waals surface area (Å²) in [5.74, 6) is 3.49. The summed E-state index contributed by atoms with van der Waals surface area (Å²) < 4.78 is 20.1. The number of methoxy groups -OCH3 is 4. The summed E-state index contributed by atoms with van der Waals surface area (Å²) in [6, 6.07) is 0. The average molecular weight is 222 g/mol. The first-order chi connectivity index (χ1) is 6.99. The standard InChI is InChI=1S/C7H18N4O4/c1-12-5(13-2)7(14-3,15-4)11(10)6(8)9/h5H,10H2,1-4H3,(H3,8,9). The average Bonchev–Trinajstić information content (AvgIpc) is 2.25. The van der Waals surface area contributed by atoms with Gasteiger partial charge in [-0.1, -0.05) is 0 Å². The smallest absolute Gasteiger partial charge is 0.321 e. The van der Waals surface area contributed by atoms with Crippen molar-refractivity contribution in [3.05, 3.63) is 0 Å². The fraction of sp³-hybridized carbons (Fsp3) is 0.857. The quantitative estimate of drug-likeness (QED) is 0.167. The normalized spacial score (nSPS) is 11.9. The Balaban J connectivity index is 5.09. The summed E-state index contributed by atoms with van der Waals surface area (Å²) >= 11 is 0. The van der Waals surface area contributed by atoms with E-state index in [1.807, 2.05) is 0 Å². The Labute approximate surface area is 88.5 Å². The molecule has 0 aromatic heterocycles. The molecule has 8 heteroatoms. The Bertz CT molecular complexity index is 205. The van der Waals surface area contributed by atoms with Crippen LogP contribution in [0.5, 0.6) is 0 Å². The van der Waals surface area contributed by atoms with Gasteiger partial charge in [-0.2, -0.15) is 0 Å². The number of nitrogens with two attached hydrogens (primary N) is 2. The van der Waals surface area contributed by atoms with Crippen molar-refractivity contribution in [1.82, 2.24) is 5.01 Å². The van der Waals surface area contributed by atoms with E-state index in [1.54, 1.807) is 0 Å². The monoisotopic (exact) mass is 222 g/mol. The predicted octanol–water partition coefficient (Wildman–Crippen LogP) is -1.38. The van der Waals surface area contributed by atoms with E-state index in [0.29, 0.717) is 0 Å². The Kier molecular flexibility index (Phi) is 5.47. The van der Waals surface area contributed by atoms with Crippen LogP contribution in [0.1, 0.15) is 0 Å². The zero-order chi connectivity index (χ0) is 12.1. The molecular weight excluding hydrogens is 204 g/mol. The van der Waals surface area contributed by atoms with Crippen molar-refractivity contribution in [1.29, 1.82) is 5.41 Å². The fourth-order valence-electron chi connectivity index (χ4n) is 1.15. The van der Waals surface area contributed by atoms with Crippen LogP contribution in [-0.4, -0.2) is 51.6 Å². The summed E-state index contributed by atoms with van der Waals surface area (Å²) in [5, 5.41) is 7.98. The third-order valence-corrected chi connectivity index (χ3v) is 1.91. The van der Waals surface area contributed by atoms with Gasteiger partial charge in [-0.3, -0.25) is 5.41 Å². The first kappa shape index (κ1) is 14.1. The molecule has 0 aromatic carbocycles. The van der Waals surface area contributed by atoms with Gasteiger partial charge in [0.05, 0.1) is 0 Å². The van der Waals surface area contributed by atoms with Crippen molar-refractivity contribution < 1.29 is 18.9 Å². The molecule has 0 amide bonds. The first-order valence-corrected chi connectivity index (χ1v) is 4.05. The van der Waals surface area contributed by atoms with E-state index in [1.165, 1.54) is 28.4 Å². The van der Waals surface area contributed by atoms with E-state index in [-0.39, 0.29) is 0 Å². The van der Waals surface area contributed by atoms with Crippen LogP contribution in [0.2, 0.25) is 0 Å². The van der Waals surface area contributed by atoms with Gasteiger partial charge < -0.3 is 24.7 Å². The molecule has 0 radical (unpaired) electrons. The third-order valence-electron chi connectivity index (χ3n) is 1.91. The zero-order valence-electron chi connectivity index (χ0n) is 9.31. The highest BCUT2D eigenvalue weighted by molar-refractivity contribution is 5.74. The molecule has 0 aromatic rings.